The van der Waals surface area contributed by atoms with Crippen LogP contribution in [0.4, 0.5) is 0 Å². The Balaban J connectivity index is 3.18. The van der Waals surface area contributed by atoms with Gasteiger partial charge in [-0.05, 0) is 20.8 Å². The zero-order chi connectivity index (χ0) is 13.9. The van der Waals surface area contributed by atoms with Crippen molar-refractivity contribution in [2.24, 2.45) is 10.9 Å². The Hall–Kier alpha value is -1.61. The van der Waals surface area contributed by atoms with Crippen LogP contribution in [0.1, 0.15) is 19.5 Å². The van der Waals surface area contributed by atoms with Crippen molar-refractivity contribution in [1.82, 2.24) is 14.5 Å². The third-order valence-corrected chi connectivity index (χ3v) is 4.53. The number of H-pyrrole nitrogens is 1. The van der Waals surface area contributed by atoms with Crippen LogP contribution in [0.15, 0.2) is 16.2 Å². The fourth-order valence-corrected chi connectivity index (χ4v) is 3.19. The second-order valence-electron chi connectivity index (χ2n) is 4.09. The number of hydrogen-bond acceptors (Lipinski definition) is 5. The summed E-state index contributed by atoms with van der Waals surface area (Å²) < 4.78 is 25.9. The van der Waals surface area contributed by atoms with E-state index < -0.39 is 10.0 Å². The quantitative estimate of drug-likeness (QED) is 0.298. The first-order valence-corrected chi connectivity index (χ1v) is 6.73. The molecule has 102 valence electrons. The van der Waals surface area contributed by atoms with Gasteiger partial charge in [0.05, 0.1) is 18.4 Å². The number of nitrogens with two attached hydrogens (primary N) is 1. The molecule has 0 fully saturated rings. The number of rotatable bonds is 5. The van der Waals surface area contributed by atoms with Crippen molar-refractivity contribution in [3.05, 3.63) is 11.9 Å². The molecular formula is C9H17N5O3S. The highest BCUT2D eigenvalue weighted by Crippen LogP contribution is 2.19. The predicted molar refractivity (Wildman–Crippen MR) is 65.8 cm³/mol. The first kappa shape index (κ1) is 14.5. The van der Waals surface area contributed by atoms with Crippen LogP contribution >= 0.6 is 0 Å². The van der Waals surface area contributed by atoms with E-state index in [2.05, 4.69) is 15.4 Å². The monoisotopic (exact) mass is 275 g/mol. The minimum Gasteiger partial charge on any atom is -0.409 e. The predicted octanol–water partition coefficient (Wildman–Crippen LogP) is -0.136. The maximum Gasteiger partial charge on any atom is 0.247 e. The van der Waals surface area contributed by atoms with Crippen molar-refractivity contribution >= 4 is 15.9 Å². The molecule has 0 atom stereocenters. The van der Waals surface area contributed by atoms with Crippen LogP contribution in [-0.4, -0.2) is 46.5 Å². The summed E-state index contributed by atoms with van der Waals surface area (Å²) in [4.78, 5) is 0.0851. The number of nitrogens with one attached hydrogen (secondary N) is 1. The zero-order valence-corrected chi connectivity index (χ0v) is 11.3. The van der Waals surface area contributed by atoms with Gasteiger partial charge >= 0.3 is 0 Å². The molecule has 0 amide bonds. The van der Waals surface area contributed by atoms with Crippen molar-refractivity contribution in [3.8, 4) is 0 Å². The molecule has 1 heterocycles. The minimum absolute atomic E-state index is 0.0851. The maximum atomic E-state index is 12.4. The van der Waals surface area contributed by atoms with Crippen LogP contribution in [-0.2, 0) is 10.0 Å². The molecule has 0 aliphatic carbocycles. The Morgan fingerprint density at radius 2 is 2.28 bits per heavy atom. The molecule has 0 bridgehead atoms. The van der Waals surface area contributed by atoms with Gasteiger partial charge in [0, 0.05) is 6.04 Å². The van der Waals surface area contributed by atoms with Gasteiger partial charge < -0.3 is 10.9 Å². The lowest BCUT2D eigenvalue weighted by molar-refractivity contribution is 0.312. The number of sulfonamides is 1. The molecule has 0 aromatic carbocycles. The zero-order valence-electron chi connectivity index (χ0n) is 10.5. The molecule has 0 radical (unpaired) electrons. The summed E-state index contributed by atoms with van der Waals surface area (Å²) in [6.07, 6.45) is 1.24. The second-order valence-corrected chi connectivity index (χ2v) is 5.95. The normalized spacial score (nSPS) is 13.5. The number of amidine groups is 1. The van der Waals surface area contributed by atoms with E-state index in [9.17, 15) is 8.42 Å². The fraction of sp³-hybridized carbons (Fsp3) is 0.556. The summed E-state index contributed by atoms with van der Waals surface area (Å²) >= 11 is 0. The maximum absolute atomic E-state index is 12.4. The van der Waals surface area contributed by atoms with Gasteiger partial charge in [-0.25, -0.2) is 8.42 Å². The van der Waals surface area contributed by atoms with Gasteiger partial charge in [0.25, 0.3) is 0 Å². The van der Waals surface area contributed by atoms with Crippen LogP contribution in [0.2, 0.25) is 0 Å². The highest BCUT2D eigenvalue weighted by atomic mass is 32.2. The standard InChI is InChI=1S/C9H17N5O3S/c1-6(2)14(5-9(10)13-15)18(16,17)8-4-11-12-7(8)3/h4,6,15H,5H2,1-3H3,(H2,10,13)(H,11,12). The molecule has 0 aliphatic heterocycles. The van der Waals surface area contributed by atoms with Gasteiger partial charge in [0.1, 0.15) is 4.90 Å². The van der Waals surface area contributed by atoms with E-state index in [4.69, 9.17) is 10.9 Å². The first-order valence-electron chi connectivity index (χ1n) is 5.29. The Morgan fingerprint density at radius 1 is 1.67 bits per heavy atom. The molecule has 8 nitrogen and oxygen atoms in total. The van der Waals surface area contributed by atoms with E-state index in [1.54, 1.807) is 20.8 Å². The van der Waals surface area contributed by atoms with Crippen LogP contribution in [0.5, 0.6) is 0 Å². The molecule has 9 heteroatoms. The largest absolute Gasteiger partial charge is 0.409 e. The molecule has 0 spiro atoms. The number of nitrogens with zero attached hydrogens (tertiary/aromatic N) is 3. The number of aromatic amines is 1. The first-order chi connectivity index (χ1) is 8.30. The summed E-state index contributed by atoms with van der Waals surface area (Å²) in [6, 6.07) is -0.329. The number of hydrogen-bond donors (Lipinski definition) is 3. The van der Waals surface area contributed by atoms with Crippen molar-refractivity contribution in [1.29, 1.82) is 0 Å². The average Bonchev–Trinajstić information content (AvgIpc) is 2.71. The van der Waals surface area contributed by atoms with Gasteiger partial charge in [-0.15, -0.1) is 0 Å². The van der Waals surface area contributed by atoms with E-state index in [0.29, 0.717) is 5.69 Å². The molecule has 0 unspecified atom stereocenters. The lowest BCUT2D eigenvalue weighted by Crippen LogP contribution is -2.42. The Morgan fingerprint density at radius 3 is 2.67 bits per heavy atom. The van der Waals surface area contributed by atoms with Crippen molar-refractivity contribution in [2.45, 2.75) is 31.7 Å². The Bertz CT molecular complexity index is 534. The van der Waals surface area contributed by atoms with Crippen LogP contribution in [0.3, 0.4) is 0 Å². The number of oxime groups is 1. The second kappa shape index (κ2) is 5.36. The molecule has 1 rings (SSSR count). The Kier molecular flexibility index (Phi) is 4.30. The topological polar surface area (TPSA) is 125 Å². The summed E-state index contributed by atoms with van der Waals surface area (Å²) in [5, 5.41) is 17.6. The molecule has 1 aromatic rings. The molecule has 18 heavy (non-hydrogen) atoms. The van der Waals surface area contributed by atoms with E-state index in [0.717, 1.165) is 4.31 Å². The van der Waals surface area contributed by atoms with Gasteiger partial charge in [-0.1, -0.05) is 5.16 Å². The van der Waals surface area contributed by atoms with Crippen molar-refractivity contribution in [3.63, 3.8) is 0 Å². The minimum atomic E-state index is -3.73. The molecule has 0 aliphatic rings. The molecule has 0 saturated carbocycles. The fourth-order valence-electron chi connectivity index (χ4n) is 1.46. The van der Waals surface area contributed by atoms with Gasteiger partial charge in [0.15, 0.2) is 5.84 Å². The molecule has 4 N–H and O–H groups in total. The van der Waals surface area contributed by atoms with Gasteiger partial charge in [-0.3, -0.25) is 5.10 Å². The van der Waals surface area contributed by atoms with E-state index in [-0.39, 0.29) is 23.3 Å². The molecule has 0 saturated heterocycles. The van der Waals surface area contributed by atoms with E-state index in [1.807, 2.05) is 0 Å². The number of aryl methyl sites for hydroxylation is 1. The van der Waals surface area contributed by atoms with E-state index in [1.165, 1.54) is 6.20 Å². The van der Waals surface area contributed by atoms with Crippen LogP contribution in [0, 0.1) is 6.92 Å². The summed E-state index contributed by atoms with van der Waals surface area (Å²) in [7, 11) is -3.73. The Labute approximate surface area is 106 Å². The van der Waals surface area contributed by atoms with Crippen molar-refractivity contribution in [2.75, 3.05) is 6.54 Å². The summed E-state index contributed by atoms with van der Waals surface area (Å²) in [6.45, 7) is 4.85. The lowest BCUT2D eigenvalue weighted by atomic mass is 10.4. The average molecular weight is 275 g/mol. The highest BCUT2D eigenvalue weighted by molar-refractivity contribution is 7.89. The van der Waals surface area contributed by atoms with Crippen LogP contribution in [0.25, 0.3) is 0 Å². The third-order valence-electron chi connectivity index (χ3n) is 2.39. The smallest absolute Gasteiger partial charge is 0.247 e. The SMILES string of the molecule is Cc1[nH]ncc1S(=O)(=O)N(CC(N)=NO)C(C)C. The lowest BCUT2D eigenvalue weighted by Gasteiger charge is -2.24. The number of aromatic nitrogens is 2. The molecular weight excluding hydrogens is 258 g/mol. The van der Waals surface area contributed by atoms with Crippen molar-refractivity contribution < 1.29 is 13.6 Å². The van der Waals surface area contributed by atoms with Gasteiger partial charge in [0.2, 0.25) is 10.0 Å². The summed E-state index contributed by atoms with van der Waals surface area (Å²) in [5.74, 6) is -0.173. The van der Waals surface area contributed by atoms with Crippen LogP contribution < -0.4 is 5.73 Å². The highest BCUT2D eigenvalue weighted by Gasteiger charge is 2.30. The third kappa shape index (κ3) is 2.79. The summed E-state index contributed by atoms with van der Waals surface area (Å²) in [5.41, 5.74) is 5.81. The molecule has 1 aromatic heterocycles. The van der Waals surface area contributed by atoms with Gasteiger partial charge in [-0.2, -0.15) is 9.40 Å². The van der Waals surface area contributed by atoms with E-state index >= 15 is 0 Å².